The van der Waals surface area contributed by atoms with Crippen LogP contribution in [0, 0.1) is 0 Å². The van der Waals surface area contributed by atoms with E-state index in [9.17, 15) is 13.2 Å². The number of benzene rings is 1. The van der Waals surface area contributed by atoms with Crippen molar-refractivity contribution >= 4 is 16.1 Å². The molecule has 1 atom stereocenters. The third-order valence-electron chi connectivity index (χ3n) is 3.46. The normalized spacial score (nSPS) is 12.4. The minimum absolute atomic E-state index is 0.161. The summed E-state index contributed by atoms with van der Waals surface area (Å²) >= 11 is 0. The highest BCUT2D eigenvalue weighted by Gasteiger charge is 2.12. The van der Waals surface area contributed by atoms with E-state index in [0.29, 0.717) is 5.56 Å². The van der Waals surface area contributed by atoms with Gasteiger partial charge in [0.25, 0.3) is 0 Å². The first-order valence-electron chi connectivity index (χ1n) is 7.39. The van der Waals surface area contributed by atoms with Crippen LogP contribution >= 0.6 is 0 Å². The molecule has 1 aromatic heterocycles. The molecular formula is C16H20N4O3S. The predicted octanol–water partition coefficient (Wildman–Crippen LogP) is 1.55. The summed E-state index contributed by atoms with van der Waals surface area (Å²) in [7, 11) is -2.14. The van der Waals surface area contributed by atoms with Crippen molar-refractivity contribution < 1.29 is 13.2 Å². The minimum atomic E-state index is -3.50. The van der Waals surface area contributed by atoms with E-state index < -0.39 is 10.0 Å². The zero-order valence-corrected chi connectivity index (χ0v) is 14.3. The maximum absolute atomic E-state index is 12.0. The van der Waals surface area contributed by atoms with Crippen LogP contribution in [0.4, 0.5) is 4.79 Å². The average molecular weight is 348 g/mol. The number of nitrogens with one attached hydrogen (secondary N) is 3. The molecule has 8 heteroatoms. The van der Waals surface area contributed by atoms with Crippen LogP contribution in [-0.4, -0.2) is 26.5 Å². The Bertz CT molecular complexity index is 794. The number of carbonyl (C=O) groups excluding carboxylic acids is 1. The monoisotopic (exact) mass is 348 g/mol. The second-order valence-corrected chi connectivity index (χ2v) is 7.08. The highest BCUT2D eigenvalue weighted by Crippen LogP contribution is 2.12. The number of urea groups is 1. The standard InChI is InChI=1S/C16H20N4O3S/c1-12(14-6-4-8-18-11-14)20-16(21)19-10-13-5-3-7-15(9-13)24(22,23)17-2/h3-9,11-12,17H,10H2,1-2H3,(H2,19,20,21)/t12-/m0/s1. The van der Waals surface area contributed by atoms with Crippen molar-refractivity contribution in [3.8, 4) is 0 Å². The highest BCUT2D eigenvalue weighted by molar-refractivity contribution is 7.89. The first kappa shape index (κ1) is 17.9. The second kappa shape index (κ2) is 7.89. The van der Waals surface area contributed by atoms with Crippen molar-refractivity contribution in [1.29, 1.82) is 0 Å². The van der Waals surface area contributed by atoms with Crippen LogP contribution in [0.25, 0.3) is 0 Å². The van der Waals surface area contributed by atoms with E-state index in [4.69, 9.17) is 0 Å². The Morgan fingerprint density at radius 3 is 2.71 bits per heavy atom. The lowest BCUT2D eigenvalue weighted by atomic mass is 10.1. The van der Waals surface area contributed by atoms with Gasteiger partial charge in [-0.2, -0.15) is 0 Å². The fraction of sp³-hybridized carbons (Fsp3) is 0.250. The number of amides is 2. The van der Waals surface area contributed by atoms with Gasteiger partial charge in [0.15, 0.2) is 0 Å². The van der Waals surface area contributed by atoms with Gasteiger partial charge >= 0.3 is 6.03 Å². The van der Waals surface area contributed by atoms with Crippen molar-refractivity contribution in [2.75, 3.05) is 7.05 Å². The fourth-order valence-corrected chi connectivity index (χ4v) is 2.89. The topological polar surface area (TPSA) is 100 Å². The molecule has 2 aromatic rings. The predicted molar refractivity (Wildman–Crippen MR) is 90.7 cm³/mol. The lowest BCUT2D eigenvalue weighted by Crippen LogP contribution is -2.36. The Kier molecular flexibility index (Phi) is 5.88. The van der Waals surface area contributed by atoms with Gasteiger partial charge in [0.05, 0.1) is 10.9 Å². The highest BCUT2D eigenvalue weighted by atomic mass is 32.2. The van der Waals surface area contributed by atoms with Gasteiger partial charge in [-0.05, 0) is 43.3 Å². The summed E-state index contributed by atoms with van der Waals surface area (Å²) in [5, 5.41) is 5.51. The summed E-state index contributed by atoms with van der Waals surface area (Å²) in [6.07, 6.45) is 3.36. The molecule has 1 aromatic carbocycles. The summed E-state index contributed by atoms with van der Waals surface area (Å²) in [6.45, 7) is 2.08. The van der Waals surface area contributed by atoms with Gasteiger partial charge in [0.2, 0.25) is 10.0 Å². The molecule has 0 spiro atoms. The van der Waals surface area contributed by atoms with E-state index in [2.05, 4.69) is 20.3 Å². The first-order valence-corrected chi connectivity index (χ1v) is 8.87. The Hall–Kier alpha value is -2.45. The molecule has 0 bridgehead atoms. The molecule has 0 saturated carbocycles. The SMILES string of the molecule is CNS(=O)(=O)c1cccc(CNC(=O)N[C@@H](C)c2cccnc2)c1. The van der Waals surface area contributed by atoms with Gasteiger partial charge in [-0.3, -0.25) is 4.98 Å². The van der Waals surface area contributed by atoms with Crippen LogP contribution in [0.15, 0.2) is 53.7 Å². The van der Waals surface area contributed by atoms with Crippen LogP contribution in [-0.2, 0) is 16.6 Å². The maximum atomic E-state index is 12.0. The van der Waals surface area contributed by atoms with Crippen molar-refractivity contribution in [3.05, 3.63) is 59.9 Å². The van der Waals surface area contributed by atoms with Crippen LogP contribution < -0.4 is 15.4 Å². The summed E-state index contributed by atoms with van der Waals surface area (Å²) < 4.78 is 25.8. The largest absolute Gasteiger partial charge is 0.334 e. The van der Waals surface area contributed by atoms with Gasteiger partial charge in [0, 0.05) is 18.9 Å². The smallest absolute Gasteiger partial charge is 0.315 e. The average Bonchev–Trinajstić information content (AvgIpc) is 2.61. The fourth-order valence-electron chi connectivity index (χ4n) is 2.09. The molecule has 0 radical (unpaired) electrons. The molecule has 2 amide bonds. The number of nitrogens with zero attached hydrogens (tertiary/aromatic N) is 1. The zero-order chi connectivity index (χ0) is 17.6. The summed E-state index contributed by atoms with van der Waals surface area (Å²) in [6, 6.07) is 9.57. The van der Waals surface area contributed by atoms with E-state index in [1.54, 1.807) is 30.6 Å². The van der Waals surface area contributed by atoms with Gasteiger partial charge in [-0.25, -0.2) is 17.9 Å². The van der Waals surface area contributed by atoms with Crippen LogP contribution in [0.2, 0.25) is 0 Å². The zero-order valence-electron chi connectivity index (χ0n) is 13.5. The summed E-state index contributed by atoms with van der Waals surface area (Å²) in [5.41, 5.74) is 1.59. The number of hydrogen-bond acceptors (Lipinski definition) is 4. The van der Waals surface area contributed by atoms with Crippen molar-refractivity contribution in [2.45, 2.75) is 24.4 Å². The molecule has 24 heavy (non-hydrogen) atoms. The van der Waals surface area contributed by atoms with Gasteiger partial charge in [-0.15, -0.1) is 0 Å². The van der Waals surface area contributed by atoms with E-state index in [1.807, 2.05) is 13.0 Å². The number of carbonyl (C=O) groups is 1. The quantitative estimate of drug-likeness (QED) is 0.737. The summed E-state index contributed by atoms with van der Waals surface area (Å²) in [4.78, 5) is 16.1. The molecule has 0 aliphatic rings. The molecule has 0 unspecified atom stereocenters. The van der Waals surface area contributed by atoms with Gasteiger partial charge < -0.3 is 10.6 Å². The Labute approximate surface area is 141 Å². The van der Waals surface area contributed by atoms with E-state index in [1.165, 1.54) is 19.2 Å². The number of sulfonamides is 1. The lowest BCUT2D eigenvalue weighted by Gasteiger charge is -2.15. The van der Waals surface area contributed by atoms with Crippen LogP contribution in [0.5, 0.6) is 0 Å². The minimum Gasteiger partial charge on any atom is -0.334 e. The third kappa shape index (κ3) is 4.77. The van der Waals surface area contributed by atoms with Crippen molar-refractivity contribution in [1.82, 2.24) is 20.3 Å². The molecule has 0 aliphatic carbocycles. The Morgan fingerprint density at radius 1 is 1.25 bits per heavy atom. The van der Waals surface area contributed by atoms with Crippen LogP contribution in [0.3, 0.4) is 0 Å². The van der Waals surface area contributed by atoms with Crippen LogP contribution in [0.1, 0.15) is 24.1 Å². The van der Waals surface area contributed by atoms with E-state index in [-0.39, 0.29) is 23.5 Å². The molecule has 128 valence electrons. The number of aromatic nitrogens is 1. The number of hydrogen-bond donors (Lipinski definition) is 3. The third-order valence-corrected chi connectivity index (χ3v) is 4.87. The van der Waals surface area contributed by atoms with E-state index in [0.717, 1.165) is 5.56 Å². The Balaban J connectivity index is 1.94. The Morgan fingerprint density at radius 2 is 2.04 bits per heavy atom. The molecule has 0 aliphatic heterocycles. The second-order valence-electron chi connectivity index (χ2n) is 5.19. The number of pyridine rings is 1. The molecule has 0 saturated heterocycles. The summed E-state index contributed by atoms with van der Waals surface area (Å²) in [5.74, 6) is 0. The lowest BCUT2D eigenvalue weighted by molar-refractivity contribution is 0.237. The molecule has 2 rings (SSSR count). The van der Waals surface area contributed by atoms with Crippen molar-refractivity contribution in [3.63, 3.8) is 0 Å². The number of rotatable bonds is 6. The molecule has 0 fully saturated rings. The van der Waals surface area contributed by atoms with Crippen molar-refractivity contribution in [2.24, 2.45) is 0 Å². The molecule has 7 nitrogen and oxygen atoms in total. The van der Waals surface area contributed by atoms with E-state index >= 15 is 0 Å². The van der Waals surface area contributed by atoms with Gasteiger partial charge in [0.1, 0.15) is 0 Å². The molecule has 3 N–H and O–H groups in total. The molecule has 1 heterocycles. The van der Waals surface area contributed by atoms with Gasteiger partial charge in [-0.1, -0.05) is 18.2 Å². The molecular weight excluding hydrogens is 328 g/mol. The maximum Gasteiger partial charge on any atom is 0.315 e. The first-order chi connectivity index (χ1) is 11.4.